The van der Waals surface area contributed by atoms with Gasteiger partial charge in [0.1, 0.15) is 12.1 Å². The number of nitriles is 1. The summed E-state index contributed by atoms with van der Waals surface area (Å²) in [6.07, 6.45) is 10.8. The second kappa shape index (κ2) is 10.8. The summed E-state index contributed by atoms with van der Waals surface area (Å²) in [6, 6.07) is 2.21. The fraction of sp³-hybridized carbons (Fsp3) is 0.600. The van der Waals surface area contributed by atoms with E-state index in [1.54, 1.807) is 6.33 Å². The van der Waals surface area contributed by atoms with Crippen LogP contribution in [-0.4, -0.2) is 89.0 Å². The maximum atomic E-state index is 11.7. The van der Waals surface area contributed by atoms with Crippen molar-refractivity contribution in [3.63, 3.8) is 0 Å². The molecule has 5 aliphatic rings. The molecule has 40 heavy (non-hydrogen) atoms. The Balaban J connectivity index is 1.30. The molecule has 1 unspecified atom stereocenters. The predicted molar refractivity (Wildman–Crippen MR) is 152 cm³/mol. The number of hydrogen-bond acceptors (Lipinski definition) is 7. The van der Waals surface area contributed by atoms with Crippen LogP contribution in [0.15, 0.2) is 40.2 Å². The number of allylic oxidation sites excluding steroid dienone is 4. The molecule has 0 bridgehead atoms. The van der Waals surface area contributed by atoms with Crippen LogP contribution in [0.25, 0.3) is 0 Å². The molecule has 2 aliphatic heterocycles. The van der Waals surface area contributed by atoms with E-state index in [4.69, 9.17) is 26.3 Å². The number of anilines is 1. The molecule has 0 aromatic carbocycles. The van der Waals surface area contributed by atoms with E-state index in [0.29, 0.717) is 32.3 Å². The summed E-state index contributed by atoms with van der Waals surface area (Å²) in [5.41, 5.74) is 5.60. The van der Waals surface area contributed by atoms with Crippen molar-refractivity contribution < 1.29 is 14.6 Å². The number of likely N-dealkylation sites (tertiary alicyclic amines) is 1. The molecule has 1 aromatic rings. The van der Waals surface area contributed by atoms with Crippen molar-refractivity contribution >= 4 is 23.5 Å². The molecule has 212 valence electrons. The van der Waals surface area contributed by atoms with Crippen LogP contribution in [0.1, 0.15) is 50.3 Å². The number of likely N-dealkylation sites (N-methyl/N-ethyl adjacent to an activating group) is 1. The maximum absolute atomic E-state index is 11.7. The Hall–Kier alpha value is -2.93. The van der Waals surface area contributed by atoms with Gasteiger partial charge >= 0.3 is 6.09 Å². The summed E-state index contributed by atoms with van der Waals surface area (Å²) in [4.78, 5) is 27.2. The van der Waals surface area contributed by atoms with E-state index < -0.39 is 6.09 Å². The third kappa shape index (κ3) is 4.50. The number of carbonyl (C=O) groups is 1. The zero-order valence-electron chi connectivity index (χ0n) is 23.3. The molecule has 1 amide bonds. The average molecular weight is 565 g/mol. The molecule has 0 radical (unpaired) electrons. The molecule has 2 saturated heterocycles. The van der Waals surface area contributed by atoms with E-state index in [9.17, 15) is 15.2 Å². The summed E-state index contributed by atoms with van der Waals surface area (Å²) in [6.45, 7) is 5.34. The number of carboxylic acid groups (broad SMARTS) is 1. The van der Waals surface area contributed by atoms with Crippen LogP contribution in [0.5, 0.6) is 0 Å². The first-order valence-electron chi connectivity index (χ1n) is 14.4. The van der Waals surface area contributed by atoms with Crippen LogP contribution >= 0.6 is 11.6 Å². The normalized spacial score (nSPS) is 30.2. The van der Waals surface area contributed by atoms with E-state index in [-0.39, 0.29) is 24.0 Å². The molecule has 1 aromatic heterocycles. The van der Waals surface area contributed by atoms with Crippen LogP contribution in [0.4, 0.5) is 10.6 Å². The van der Waals surface area contributed by atoms with Gasteiger partial charge in [0.2, 0.25) is 0 Å². The van der Waals surface area contributed by atoms with Crippen LogP contribution in [-0.2, 0) is 17.6 Å². The maximum Gasteiger partial charge on any atom is 0.407 e. The van der Waals surface area contributed by atoms with Gasteiger partial charge in [-0.2, -0.15) is 5.26 Å². The molecule has 1 spiro atoms. The van der Waals surface area contributed by atoms with Gasteiger partial charge in [0, 0.05) is 48.1 Å². The number of ether oxygens (including phenoxy) is 1. The van der Waals surface area contributed by atoms with Crippen LogP contribution in [0, 0.1) is 16.7 Å². The molecule has 6 rings (SSSR count). The Morgan fingerprint density at radius 3 is 2.88 bits per heavy atom. The fourth-order valence-corrected chi connectivity index (χ4v) is 8.06. The lowest BCUT2D eigenvalue weighted by molar-refractivity contribution is -0.0189. The van der Waals surface area contributed by atoms with Gasteiger partial charge in [-0.05, 0) is 69.3 Å². The molecule has 1 N–H and O–H groups in total. The number of hydrogen-bond donors (Lipinski definition) is 1. The average Bonchev–Trinajstić information content (AvgIpc) is 3.45. The third-order valence-electron chi connectivity index (χ3n) is 9.75. The SMILES string of the molecule is CC1=C2C(Cl)=CCC=C2[C@@]2(CCc3c(ncnc3N3CCN(C(=O)O)[C@@H](CC#N)C3)C2)C1OC[C@@H]1CCCN1C. The highest BCUT2D eigenvalue weighted by Crippen LogP contribution is 2.58. The summed E-state index contributed by atoms with van der Waals surface area (Å²) in [7, 11) is 2.19. The largest absolute Gasteiger partial charge is 0.465 e. The minimum absolute atomic E-state index is 0.0614. The molecule has 2 fully saturated rings. The smallest absolute Gasteiger partial charge is 0.407 e. The summed E-state index contributed by atoms with van der Waals surface area (Å²) >= 11 is 6.83. The molecule has 3 aliphatic carbocycles. The first-order chi connectivity index (χ1) is 19.3. The van der Waals surface area contributed by atoms with Crippen molar-refractivity contribution in [2.45, 2.75) is 70.1 Å². The van der Waals surface area contributed by atoms with E-state index in [1.165, 1.54) is 22.5 Å². The Kier molecular flexibility index (Phi) is 7.36. The van der Waals surface area contributed by atoms with E-state index >= 15 is 0 Å². The quantitative estimate of drug-likeness (QED) is 0.564. The van der Waals surface area contributed by atoms with Crippen LogP contribution < -0.4 is 4.90 Å². The van der Waals surface area contributed by atoms with Crippen molar-refractivity contribution in [3.8, 4) is 6.07 Å². The summed E-state index contributed by atoms with van der Waals surface area (Å²) in [5, 5.41) is 19.8. The second-order valence-electron chi connectivity index (χ2n) is 11.8. The van der Waals surface area contributed by atoms with Crippen LogP contribution in [0.2, 0.25) is 0 Å². The van der Waals surface area contributed by atoms with Gasteiger partial charge in [-0.3, -0.25) is 0 Å². The topological polar surface area (TPSA) is 106 Å². The van der Waals surface area contributed by atoms with E-state index in [0.717, 1.165) is 66.3 Å². The Morgan fingerprint density at radius 2 is 2.12 bits per heavy atom. The van der Waals surface area contributed by atoms with Gasteiger partial charge in [-0.1, -0.05) is 23.8 Å². The van der Waals surface area contributed by atoms with Crippen molar-refractivity contribution in [3.05, 3.63) is 51.5 Å². The van der Waals surface area contributed by atoms with Crippen molar-refractivity contribution in [2.24, 2.45) is 5.41 Å². The Bertz CT molecular complexity index is 1330. The number of halogens is 1. The molecular weight excluding hydrogens is 528 g/mol. The standard InChI is InChI=1S/C30H37ClN6O3/c1-19-26-23(6-3-7-24(26)31)30(27(19)40-17-21-5-4-12-35(21)2)10-8-22-25(15-30)33-18-34-28(22)36-13-14-37(29(38)39)20(16-36)9-11-32/h6-7,18,20-21,27H,3-5,8-10,12-17H2,1-2H3,(H,38,39)/t20-,21-,27?,30-/m0/s1. The van der Waals surface area contributed by atoms with Crippen molar-refractivity contribution in [1.29, 1.82) is 5.26 Å². The molecule has 10 heteroatoms. The zero-order valence-corrected chi connectivity index (χ0v) is 24.0. The van der Waals surface area contributed by atoms with Gasteiger partial charge in [0.05, 0.1) is 36.9 Å². The number of nitrogens with zero attached hydrogens (tertiary/aromatic N) is 6. The van der Waals surface area contributed by atoms with E-state index in [1.807, 2.05) is 0 Å². The Labute approximate surface area is 240 Å². The van der Waals surface area contributed by atoms with Gasteiger partial charge in [0.25, 0.3) is 0 Å². The summed E-state index contributed by atoms with van der Waals surface area (Å²) in [5.74, 6) is 0.872. The lowest BCUT2D eigenvalue weighted by Gasteiger charge is -2.44. The molecule has 4 atom stereocenters. The van der Waals surface area contributed by atoms with Crippen molar-refractivity contribution in [1.82, 2.24) is 19.8 Å². The molecule has 0 saturated carbocycles. The molecular formula is C30H37ClN6O3. The van der Waals surface area contributed by atoms with Gasteiger partial charge < -0.3 is 24.5 Å². The second-order valence-corrected chi connectivity index (χ2v) is 12.3. The zero-order chi connectivity index (χ0) is 28.0. The number of rotatable bonds is 5. The van der Waals surface area contributed by atoms with Crippen molar-refractivity contribution in [2.75, 3.05) is 44.7 Å². The third-order valence-corrected chi connectivity index (χ3v) is 10.1. The highest BCUT2D eigenvalue weighted by atomic mass is 35.5. The monoisotopic (exact) mass is 564 g/mol. The first kappa shape index (κ1) is 27.3. The van der Waals surface area contributed by atoms with Gasteiger partial charge in [-0.15, -0.1) is 0 Å². The lowest BCUT2D eigenvalue weighted by atomic mass is 9.66. The minimum atomic E-state index is -0.977. The number of amides is 1. The molecule has 9 nitrogen and oxygen atoms in total. The van der Waals surface area contributed by atoms with Crippen LogP contribution in [0.3, 0.4) is 0 Å². The minimum Gasteiger partial charge on any atom is -0.465 e. The number of aromatic nitrogens is 2. The predicted octanol–water partition coefficient (Wildman–Crippen LogP) is 4.30. The fourth-order valence-electron chi connectivity index (χ4n) is 7.72. The highest BCUT2D eigenvalue weighted by molar-refractivity contribution is 6.32. The molecule has 3 heterocycles. The Morgan fingerprint density at radius 1 is 1.27 bits per heavy atom. The van der Waals surface area contributed by atoms with E-state index in [2.05, 4.69) is 42.0 Å². The lowest BCUT2D eigenvalue weighted by Crippen LogP contribution is -2.55. The number of fused-ring (bicyclic) bond motifs is 3. The van der Waals surface area contributed by atoms with Gasteiger partial charge in [-0.25, -0.2) is 14.8 Å². The number of piperazine rings is 1. The summed E-state index contributed by atoms with van der Waals surface area (Å²) < 4.78 is 6.87. The first-order valence-corrected chi connectivity index (χ1v) is 14.8. The van der Waals surface area contributed by atoms with Gasteiger partial charge in [0.15, 0.2) is 0 Å². The highest BCUT2D eigenvalue weighted by Gasteiger charge is 2.54.